The number of nitrogens with one attached hydrogen (secondary N) is 1. The van der Waals surface area contributed by atoms with Crippen LogP contribution in [0.4, 0.5) is 11.6 Å². The second-order valence-electron chi connectivity index (χ2n) is 3.15. The third kappa shape index (κ3) is 2.22. The van der Waals surface area contributed by atoms with Gasteiger partial charge in [0.05, 0.1) is 24.6 Å². The Morgan fingerprint density at radius 3 is 2.67 bits per heavy atom. The molecular formula is C9H12N6. The third-order valence-corrected chi connectivity index (χ3v) is 2.00. The summed E-state index contributed by atoms with van der Waals surface area (Å²) in [6.45, 7) is 0.591. The summed E-state index contributed by atoms with van der Waals surface area (Å²) >= 11 is 0. The molecule has 0 spiro atoms. The number of aryl methyl sites for hydroxylation is 1. The van der Waals surface area contributed by atoms with E-state index in [0.717, 1.165) is 5.82 Å². The molecule has 0 aliphatic carbocycles. The van der Waals surface area contributed by atoms with E-state index in [-0.39, 0.29) is 0 Å². The smallest absolute Gasteiger partial charge is 0.223 e. The van der Waals surface area contributed by atoms with Gasteiger partial charge in [-0.25, -0.2) is 15.0 Å². The summed E-state index contributed by atoms with van der Waals surface area (Å²) in [6.07, 6.45) is 6.77. The van der Waals surface area contributed by atoms with Crippen molar-refractivity contribution in [3.05, 3.63) is 30.6 Å². The average molecular weight is 204 g/mol. The number of hydrogen-bond acceptors (Lipinski definition) is 5. The maximum absolute atomic E-state index is 5.47. The van der Waals surface area contributed by atoms with Crippen molar-refractivity contribution in [2.24, 2.45) is 7.05 Å². The first kappa shape index (κ1) is 9.45. The van der Waals surface area contributed by atoms with Gasteiger partial charge in [0.1, 0.15) is 5.82 Å². The quantitative estimate of drug-likeness (QED) is 0.756. The molecule has 0 aliphatic rings. The number of nitrogens with two attached hydrogens (primary N) is 1. The minimum Gasteiger partial charge on any atom is -0.396 e. The molecular weight excluding hydrogens is 192 g/mol. The molecule has 6 nitrogen and oxygen atoms in total. The SMILES string of the molecule is Cn1ccnc1CNc1ncc(N)cn1. The minimum absolute atomic E-state index is 0.548. The van der Waals surface area contributed by atoms with Crippen LogP contribution in [0.5, 0.6) is 0 Å². The summed E-state index contributed by atoms with van der Waals surface area (Å²) in [5.41, 5.74) is 6.03. The molecule has 0 bridgehead atoms. The van der Waals surface area contributed by atoms with Gasteiger partial charge >= 0.3 is 0 Å². The summed E-state index contributed by atoms with van der Waals surface area (Å²) in [5, 5.41) is 3.05. The number of hydrogen-bond donors (Lipinski definition) is 2. The molecule has 0 fully saturated rings. The largest absolute Gasteiger partial charge is 0.396 e. The van der Waals surface area contributed by atoms with E-state index >= 15 is 0 Å². The third-order valence-electron chi connectivity index (χ3n) is 2.00. The number of aromatic nitrogens is 4. The van der Waals surface area contributed by atoms with E-state index in [2.05, 4.69) is 20.3 Å². The van der Waals surface area contributed by atoms with E-state index in [1.807, 2.05) is 17.8 Å². The van der Waals surface area contributed by atoms with Crippen molar-refractivity contribution in [2.75, 3.05) is 11.1 Å². The van der Waals surface area contributed by atoms with Crippen molar-refractivity contribution in [3.8, 4) is 0 Å². The monoisotopic (exact) mass is 204 g/mol. The van der Waals surface area contributed by atoms with Crippen molar-refractivity contribution in [2.45, 2.75) is 6.54 Å². The number of rotatable bonds is 3. The molecule has 3 N–H and O–H groups in total. The second kappa shape index (κ2) is 3.95. The van der Waals surface area contributed by atoms with Crippen LogP contribution < -0.4 is 11.1 Å². The zero-order chi connectivity index (χ0) is 10.7. The average Bonchev–Trinajstić information content (AvgIpc) is 2.63. The summed E-state index contributed by atoms with van der Waals surface area (Å²) in [7, 11) is 1.94. The Morgan fingerprint density at radius 2 is 2.07 bits per heavy atom. The van der Waals surface area contributed by atoms with Crippen LogP contribution in [0.3, 0.4) is 0 Å². The molecule has 15 heavy (non-hydrogen) atoms. The summed E-state index contributed by atoms with van der Waals surface area (Å²) < 4.78 is 1.93. The molecule has 0 amide bonds. The molecule has 0 saturated carbocycles. The highest BCUT2D eigenvalue weighted by Gasteiger charge is 1.99. The van der Waals surface area contributed by atoms with E-state index in [4.69, 9.17) is 5.73 Å². The van der Waals surface area contributed by atoms with Crippen LogP contribution in [0.25, 0.3) is 0 Å². The molecule has 0 aliphatic heterocycles. The maximum Gasteiger partial charge on any atom is 0.223 e. The summed E-state index contributed by atoms with van der Waals surface area (Å²) in [4.78, 5) is 12.2. The highest BCUT2D eigenvalue weighted by atomic mass is 15.1. The molecule has 2 aromatic heterocycles. The molecule has 0 atom stereocenters. The predicted octanol–water partition coefficient (Wildman–Crippen LogP) is 0.404. The molecule has 2 rings (SSSR count). The predicted molar refractivity (Wildman–Crippen MR) is 57.0 cm³/mol. The van der Waals surface area contributed by atoms with Gasteiger partial charge in [-0.1, -0.05) is 0 Å². The zero-order valence-corrected chi connectivity index (χ0v) is 8.38. The van der Waals surface area contributed by atoms with Crippen LogP contribution in [-0.2, 0) is 13.6 Å². The van der Waals surface area contributed by atoms with Gasteiger partial charge in [-0.2, -0.15) is 0 Å². The van der Waals surface area contributed by atoms with Gasteiger partial charge in [0, 0.05) is 19.4 Å². The highest BCUT2D eigenvalue weighted by Crippen LogP contribution is 2.02. The van der Waals surface area contributed by atoms with Gasteiger partial charge < -0.3 is 15.6 Å². The standard InChI is InChI=1S/C9H12N6/c1-15-3-2-11-8(15)6-14-9-12-4-7(10)5-13-9/h2-5H,6,10H2,1H3,(H,12,13,14). The first-order valence-electron chi connectivity index (χ1n) is 4.53. The van der Waals surface area contributed by atoms with E-state index in [0.29, 0.717) is 18.2 Å². The van der Waals surface area contributed by atoms with Crippen molar-refractivity contribution in [3.63, 3.8) is 0 Å². The van der Waals surface area contributed by atoms with Crippen molar-refractivity contribution >= 4 is 11.6 Å². The van der Waals surface area contributed by atoms with Crippen LogP contribution in [0.15, 0.2) is 24.8 Å². The van der Waals surface area contributed by atoms with E-state index in [9.17, 15) is 0 Å². The molecule has 0 unspecified atom stereocenters. The second-order valence-corrected chi connectivity index (χ2v) is 3.15. The number of nitrogen functional groups attached to an aromatic ring is 1. The molecule has 0 aromatic carbocycles. The van der Waals surface area contributed by atoms with Crippen molar-refractivity contribution < 1.29 is 0 Å². The van der Waals surface area contributed by atoms with Gasteiger partial charge in [0.25, 0.3) is 0 Å². The normalized spacial score (nSPS) is 10.2. The van der Waals surface area contributed by atoms with Crippen molar-refractivity contribution in [1.82, 2.24) is 19.5 Å². The fourth-order valence-corrected chi connectivity index (χ4v) is 1.15. The van der Waals surface area contributed by atoms with Crippen molar-refractivity contribution in [1.29, 1.82) is 0 Å². The molecule has 2 heterocycles. The lowest BCUT2D eigenvalue weighted by atomic mass is 10.5. The zero-order valence-electron chi connectivity index (χ0n) is 8.38. The van der Waals surface area contributed by atoms with Crippen LogP contribution in [0, 0.1) is 0 Å². The first-order valence-corrected chi connectivity index (χ1v) is 4.53. The Balaban J connectivity index is 1.99. The van der Waals surface area contributed by atoms with Crippen LogP contribution in [-0.4, -0.2) is 19.5 Å². The number of anilines is 2. The molecule has 0 saturated heterocycles. The van der Waals surface area contributed by atoms with Crippen LogP contribution >= 0.6 is 0 Å². The Kier molecular flexibility index (Phi) is 2.49. The lowest BCUT2D eigenvalue weighted by Crippen LogP contribution is -2.08. The first-order chi connectivity index (χ1) is 7.25. The Morgan fingerprint density at radius 1 is 1.33 bits per heavy atom. The van der Waals surface area contributed by atoms with Gasteiger partial charge in [0.15, 0.2) is 0 Å². The Bertz CT molecular complexity index is 432. The lowest BCUT2D eigenvalue weighted by molar-refractivity contribution is 0.808. The summed E-state index contributed by atoms with van der Waals surface area (Å²) in [6, 6.07) is 0. The van der Waals surface area contributed by atoms with E-state index in [1.54, 1.807) is 18.6 Å². The minimum atomic E-state index is 0.548. The van der Waals surface area contributed by atoms with Gasteiger partial charge in [-0.05, 0) is 0 Å². The molecule has 6 heteroatoms. The lowest BCUT2D eigenvalue weighted by Gasteiger charge is -2.04. The van der Waals surface area contributed by atoms with Gasteiger partial charge in [-0.15, -0.1) is 0 Å². The van der Waals surface area contributed by atoms with Gasteiger partial charge in [-0.3, -0.25) is 0 Å². The van der Waals surface area contributed by atoms with Crippen LogP contribution in [0.2, 0.25) is 0 Å². The van der Waals surface area contributed by atoms with Crippen LogP contribution in [0.1, 0.15) is 5.82 Å². The summed E-state index contributed by atoms with van der Waals surface area (Å²) in [5.74, 6) is 1.47. The molecule has 78 valence electrons. The molecule has 0 radical (unpaired) electrons. The maximum atomic E-state index is 5.47. The van der Waals surface area contributed by atoms with E-state index < -0.39 is 0 Å². The fraction of sp³-hybridized carbons (Fsp3) is 0.222. The van der Waals surface area contributed by atoms with Gasteiger partial charge in [0.2, 0.25) is 5.95 Å². The molecule has 2 aromatic rings. The fourth-order valence-electron chi connectivity index (χ4n) is 1.15. The highest BCUT2D eigenvalue weighted by molar-refractivity contribution is 5.35. The number of nitrogens with zero attached hydrogens (tertiary/aromatic N) is 4. The number of imidazole rings is 1. The van der Waals surface area contributed by atoms with E-state index in [1.165, 1.54) is 0 Å². The topological polar surface area (TPSA) is 81.7 Å². The Hall–Kier alpha value is -2.11. The Labute approximate surface area is 87.2 Å².